The minimum atomic E-state index is -1.69. The molecule has 1 N–H and O–H groups in total. The first kappa shape index (κ1) is 13.3. The number of hydrogen-bond donors (Lipinski definition) is 1. The fourth-order valence-corrected chi connectivity index (χ4v) is 1.56. The van der Waals surface area contributed by atoms with Crippen molar-refractivity contribution in [2.75, 3.05) is 5.32 Å². The van der Waals surface area contributed by atoms with Crippen molar-refractivity contribution >= 4 is 11.4 Å². The smallest absolute Gasteiger partial charge is 0.253 e. The van der Waals surface area contributed by atoms with E-state index in [9.17, 15) is 17.6 Å². The third-order valence-electron chi connectivity index (χ3n) is 2.63. The Hall–Kier alpha value is -2.11. The second-order valence-corrected chi connectivity index (χ2v) is 3.87. The third kappa shape index (κ3) is 2.67. The molecule has 2 nitrogen and oxygen atoms in total. The summed E-state index contributed by atoms with van der Waals surface area (Å²) in [5.74, 6) is -6.49. The molecule has 1 aromatic heterocycles. The van der Waals surface area contributed by atoms with Crippen molar-refractivity contribution in [3.8, 4) is 0 Å². The summed E-state index contributed by atoms with van der Waals surface area (Å²) in [6.07, 6.45) is 0.807. The number of nitrogens with one attached hydrogen (secondary N) is 1. The topological polar surface area (TPSA) is 24.9 Å². The van der Waals surface area contributed by atoms with Crippen molar-refractivity contribution in [2.45, 2.75) is 13.3 Å². The molecule has 0 fully saturated rings. The van der Waals surface area contributed by atoms with Crippen LogP contribution in [0.4, 0.5) is 28.9 Å². The number of nitrogens with zero attached hydrogens (tertiary/aromatic N) is 1. The molecule has 0 aliphatic heterocycles. The van der Waals surface area contributed by atoms with Crippen LogP contribution in [0.15, 0.2) is 24.3 Å². The molecule has 0 unspecified atom stereocenters. The molecule has 0 aliphatic rings. The van der Waals surface area contributed by atoms with Gasteiger partial charge in [0.15, 0.2) is 0 Å². The molecule has 0 amide bonds. The fourth-order valence-electron chi connectivity index (χ4n) is 1.56. The zero-order valence-corrected chi connectivity index (χ0v) is 9.98. The summed E-state index contributed by atoms with van der Waals surface area (Å²) in [4.78, 5) is 2.48. The molecule has 6 heteroatoms. The van der Waals surface area contributed by atoms with Crippen LogP contribution in [0.3, 0.4) is 0 Å². The molecule has 0 saturated carbocycles. The van der Waals surface area contributed by atoms with Crippen LogP contribution in [-0.2, 0) is 6.42 Å². The van der Waals surface area contributed by atoms with Crippen LogP contribution < -0.4 is 5.32 Å². The number of pyridine rings is 1. The Morgan fingerprint density at radius 1 is 0.947 bits per heavy atom. The summed E-state index contributed by atoms with van der Waals surface area (Å²) < 4.78 is 52.6. The van der Waals surface area contributed by atoms with Crippen LogP contribution in [0, 0.1) is 23.5 Å². The highest BCUT2D eigenvalue weighted by molar-refractivity contribution is 5.60. The normalized spacial score (nSPS) is 10.6. The van der Waals surface area contributed by atoms with Crippen molar-refractivity contribution in [1.29, 1.82) is 0 Å². The predicted molar refractivity (Wildman–Crippen MR) is 63.2 cm³/mol. The van der Waals surface area contributed by atoms with E-state index in [1.807, 2.05) is 6.92 Å². The van der Waals surface area contributed by atoms with Gasteiger partial charge in [-0.1, -0.05) is 19.1 Å². The van der Waals surface area contributed by atoms with Crippen molar-refractivity contribution in [3.63, 3.8) is 0 Å². The van der Waals surface area contributed by atoms with Crippen molar-refractivity contribution in [2.24, 2.45) is 0 Å². The molecular weight excluding hydrogens is 260 g/mol. The number of aryl methyl sites for hydroxylation is 1. The first-order valence-corrected chi connectivity index (χ1v) is 5.59. The zero-order chi connectivity index (χ0) is 14.0. The van der Waals surface area contributed by atoms with Crippen LogP contribution in [0.25, 0.3) is 0 Å². The average Bonchev–Trinajstić information content (AvgIpc) is 2.42. The highest BCUT2D eigenvalue weighted by Crippen LogP contribution is 2.25. The van der Waals surface area contributed by atoms with E-state index in [4.69, 9.17) is 0 Å². The van der Waals surface area contributed by atoms with Gasteiger partial charge >= 0.3 is 0 Å². The van der Waals surface area contributed by atoms with Gasteiger partial charge in [-0.15, -0.1) is 0 Å². The van der Waals surface area contributed by atoms with Gasteiger partial charge in [-0.05, 0) is 24.1 Å². The van der Waals surface area contributed by atoms with Gasteiger partial charge in [0.05, 0.1) is 0 Å². The minimum Gasteiger partial charge on any atom is -0.350 e. The van der Waals surface area contributed by atoms with Gasteiger partial charge in [0, 0.05) is 5.69 Å². The Balaban J connectivity index is 2.37. The maximum absolute atomic E-state index is 13.4. The van der Waals surface area contributed by atoms with Crippen LogP contribution in [0.1, 0.15) is 12.5 Å². The molecule has 19 heavy (non-hydrogen) atoms. The van der Waals surface area contributed by atoms with Crippen LogP contribution in [-0.4, -0.2) is 4.98 Å². The van der Waals surface area contributed by atoms with E-state index >= 15 is 0 Å². The third-order valence-corrected chi connectivity index (χ3v) is 2.63. The Morgan fingerprint density at radius 3 is 1.95 bits per heavy atom. The van der Waals surface area contributed by atoms with E-state index in [0.29, 0.717) is 5.69 Å². The summed E-state index contributed by atoms with van der Waals surface area (Å²) in [7, 11) is 0. The van der Waals surface area contributed by atoms with Crippen LogP contribution in [0.5, 0.6) is 0 Å². The molecule has 0 spiro atoms. The molecule has 2 rings (SSSR count). The molecular formula is C13H10F4N2. The predicted octanol–water partition coefficient (Wildman–Crippen LogP) is 3.94. The SMILES string of the molecule is CCc1ccc(Nc2c(F)c(F)nc(F)c2F)cc1. The second kappa shape index (κ2) is 5.26. The summed E-state index contributed by atoms with van der Waals surface area (Å²) in [5.41, 5.74) is 0.452. The Kier molecular flexibility index (Phi) is 3.69. The highest BCUT2D eigenvalue weighted by atomic mass is 19.2. The fraction of sp³-hybridized carbons (Fsp3) is 0.154. The average molecular weight is 270 g/mol. The quantitative estimate of drug-likeness (QED) is 0.675. The number of rotatable bonds is 3. The molecule has 0 radical (unpaired) electrons. The lowest BCUT2D eigenvalue weighted by atomic mass is 10.1. The molecule has 0 atom stereocenters. The summed E-state index contributed by atoms with van der Waals surface area (Å²) in [6.45, 7) is 1.95. The van der Waals surface area contributed by atoms with E-state index in [1.54, 1.807) is 24.3 Å². The van der Waals surface area contributed by atoms with E-state index in [2.05, 4.69) is 10.3 Å². The van der Waals surface area contributed by atoms with Gasteiger partial charge < -0.3 is 5.32 Å². The zero-order valence-electron chi connectivity index (χ0n) is 9.98. The Labute approximate surface area is 107 Å². The van der Waals surface area contributed by atoms with Gasteiger partial charge in [0.2, 0.25) is 11.6 Å². The molecule has 0 aliphatic carbocycles. The number of anilines is 2. The van der Waals surface area contributed by atoms with Gasteiger partial charge in [-0.25, -0.2) is 0 Å². The summed E-state index contributed by atoms with van der Waals surface area (Å²) in [5, 5.41) is 2.30. The first-order chi connectivity index (χ1) is 9.02. The van der Waals surface area contributed by atoms with Crippen LogP contribution >= 0.6 is 0 Å². The lowest BCUT2D eigenvalue weighted by Crippen LogP contribution is -2.06. The van der Waals surface area contributed by atoms with Gasteiger partial charge in [0.1, 0.15) is 5.69 Å². The van der Waals surface area contributed by atoms with Gasteiger partial charge in [0.25, 0.3) is 11.9 Å². The summed E-state index contributed by atoms with van der Waals surface area (Å²) >= 11 is 0. The van der Waals surface area contributed by atoms with E-state index in [0.717, 1.165) is 12.0 Å². The van der Waals surface area contributed by atoms with Crippen molar-refractivity contribution < 1.29 is 17.6 Å². The largest absolute Gasteiger partial charge is 0.350 e. The molecule has 1 aromatic carbocycles. The monoisotopic (exact) mass is 270 g/mol. The standard InChI is InChI=1S/C13H10F4N2/c1-2-7-3-5-8(6-4-7)18-11-9(14)12(16)19-13(17)10(11)15/h3-6H,2H2,1H3,(H,18,19). The first-order valence-electron chi connectivity index (χ1n) is 5.59. The maximum atomic E-state index is 13.4. The Bertz CT molecular complexity index is 570. The molecule has 2 aromatic rings. The van der Waals surface area contributed by atoms with Gasteiger partial charge in [-0.3, -0.25) is 0 Å². The lowest BCUT2D eigenvalue weighted by Gasteiger charge is -2.09. The van der Waals surface area contributed by atoms with Crippen molar-refractivity contribution in [1.82, 2.24) is 4.98 Å². The molecule has 100 valence electrons. The number of aromatic nitrogens is 1. The molecule has 1 heterocycles. The summed E-state index contributed by atoms with van der Waals surface area (Å²) in [6, 6.07) is 6.61. The molecule has 0 saturated heterocycles. The second-order valence-electron chi connectivity index (χ2n) is 3.87. The van der Waals surface area contributed by atoms with E-state index in [-0.39, 0.29) is 0 Å². The lowest BCUT2D eigenvalue weighted by molar-refractivity contribution is 0.411. The minimum absolute atomic E-state index is 0.319. The van der Waals surface area contributed by atoms with E-state index < -0.39 is 29.2 Å². The highest BCUT2D eigenvalue weighted by Gasteiger charge is 2.20. The van der Waals surface area contributed by atoms with Crippen molar-refractivity contribution in [3.05, 3.63) is 53.4 Å². The number of benzene rings is 1. The number of halogens is 4. The maximum Gasteiger partial charge on any atom is 0.253 e. The molecule has 0 bridgehead atoms. The van der Waals surface area contributed by atoms with Gasteiger partial charge in [-0.2, -0.15) is 22.5 Å². The van der Waals surface area contributed by atoms with Crippen LogP contribution in [0.2, 0.25) is 0 Å². The van der Waals surface area contributed by atoms with E-state index in [1.165, 1.54) is 0 Å². The Morgan fingerprint density at radius 2 is 1.47 bits per heavy atom. The number of hydrogen-bond acceptors (Lipinski definition) is 2.